The Bertz CT molecular complexity index is 1810. The zero-order chi connectivity index (χ0) is 30.2. The van der Waals surface area contributed by atoms with E-state index in [9.17, 15) is 31.1 Å². The zero-order valence-electron chi connectivity index (χ0n) is 22.1. The Kier molecular flexibility index (Phi) is 7.63. The summed E-state index contributed by atoms with van der Waals surface area (Å²) >= 11 is 0. The van der Waals surface area contributed by atoms with E-state index in [1.54, 1.807) is 6.07 Å². The maximum Gasteiger partial charge on any atom is 0.420 e. The standard InChI is InChI=1S/C30H22F6N4O2/c1-3-37-26-10-7-17(14-38-26)20-5-4-6-25(28(20)30(34,35)36)42-19-8-9-24-21(13-19)29(41)39-15-40(24)16(2)27-22(32)11-18(31)12-23(27)33/h4-16H,3H2,1-2H3,(H,37,38). The van der Waals surface area contributed by atoms with Gasteiger partial charge in [0.1, 0.15) is 40.3 Å². The topological polar surface area (TPSA) is 69.0 Å². The van der Waals surface area contributed by atoms with Crippen molar-refractivity contribution in [3.63, 3.8) is 0 Å². The van der Waals surface area contributed by atoms with E-state index < -0.39 is 52.1 Å². The number of pyridine rings is 1. The van der Waals surface area contributed by atoms with Crippen molar-refractivity contribution >= 4 is 16.7 Å². The number of aromatic nitrogens is 3. The second-order valence-corrected chi connectivity index (χ2v) is 9.34. The Hall–Kier alpha value is -4.87. The van der Waals surface area contributed by atoms with Crippen LogP contribution in [0.2, 0.25) is 0 Å². The summed E-state index contributed by atoms with van der Waals surface area (Å²) in [6.45, 7) is 3.88. The van der Waals surface area contributed by atoms with Gasteiger partial charge in [-0.2, -0.15) is 18.2 Å². The smallest absolute Gasteiger partial charge is 0.420 e. The number of ether oxygens (including phenoxy) is 1. The molecule has 0 saturated carbocycles. The van der Waals surface area contributed by atoms with Gasteiger partial charge < -0.3 is 14.6 Å². The van der Waals surface area contributed by atoms with Crippen LogP contribution in [-0.2, 0) is 6.18 Å². The maximum atomic E-state index is 14.5. The molecule has 2 heterocycles. The summed E-state index contributed by atoms with van der Waals surface area (Å²) in [5.74, 6) is -3.44. The molecule has 2 aromatic heterocycles. The van der Waals surface area contributed by atoms with E-state index >= 15 is 0 Å². The second kappa shape index (κ2) is 11.2. The van der Waals surface area contributed by atoms with Gasteiger partial charge in [-0.1, -0.05) is 12.1 Å². The molecule has 42 heavy (non-hydrogen) atoms. The molecule has 0 aliphatic carbocycles. The quantitative estimate of drug-likeness (QED) is 0.198. The first-order valence-corrected chi connectivity index (χ1v) is 12.7. The largest absolute Gasteiger partial charge is 0.457 e. The fourth-order valence-electron chi connectivity index (χ4n) is 4.74. The van der Waals surface area contributed by atoms with Crippen molar-refractivity contribution in [1.82, 2.24) is 14.5 Å². The first kappa shape index (κ1) is 28.7. The third-order valence-electron chi connectivity index (χ3n) is 6.62. The summed E-state index contributed by atoms with van der Waals surface area (Å²) in [5, 5.41) is 2.91. The van der Waals surface area contributed by atoms with Gasteiger partial charge in [0.05, 0.1) is 23.3 Å². The normalized spacial score (nSPS) is 12.4. The third kappa shape index (κ3) is 5.52. The van der Waals surface area contributed by atoms with Gasteiger partial charge in [-0.05, 0) is 55.8 Å². The number of anilines is 1. The molecule has 1 atom stereocenters. The minimum absolute atomic E-state index is 0.0716. The van der Waals surface area contributed by atoms with Gasteiger partial charge >= 0.3 is 6.18 Å². The van der Waals surface area contributed by atoms with E-state index in [1.807, 2.05) is 6.92 Å². The predicted molar refractivity (Wildman–Crippen MR) is 145 cm³/mol. The molecule has 0 radical (unpaired) electrons. The van der Waals surface area contributed by atoms with E-state index in [4.69, 9.17) is 4.74 Å². The summed E-state index contributed by atoms with van der Waals surface area (Å²) in [5.41, 5.74) is -2.00. The molecule has 0 aliphatic rings. The van der Waals surface area contributed by atoms with Crippen molar-refractivity contribution in [2.45, 2.75) is 26.1 Å². The van der Waals surface area contributed by atoms with Gasteiger partial charge in [-0.25, -0.2) is 18.2 Å². The average Bonchev–Trinajstić information content (AvgIpc) is 2.93. The number of nitrogens with one attached hydrogen (secondary N) is 1. The maximum absolute atomic E-state index is 14.5. The third-order valence-corrected chi connectivity index (χ3v) is 6.62. The second-order valence-electron chi connectivity index (χ2n) is 9.34. The lowest BCUT2D eigenvalue weighted by molar-refractivity contribution is -0.138. The number of hydrogen-bond acceptors (Lipinski definition) is 5. The Labute approximate surface area is 235 Å². The van der Waals surface area contributed by atoms with E-state index in [0.717, 1.165) is 12.4 Å². The van der Waals surface area contributed by atoms with Crippen LogP contribution in [0.3, 0.4) is 0 Å². The Morgan fingerprint density at radius 3 is 2.36 bits per heavy atom. The highest BCUT2D eigenvalue weighted by molar-refractivity contribution is 5.80. The highest BCUT2D eigenvalue weighted by Gasteiger charge is 2.38. The summed E-state index contributed by atoms with van der Waals surface area (Å²) in [4.78, 5) is 20.5. The molecule has 3 aromatic carbocycles. The summed E-state index contributed by atoms with van der Waals surface area (Å²) in [7, 11) is 0. The summed E-state index contributed by atoms with van der Waals surface area (Å²) < 4.78 is 92.4. The van der Waals surface area contributed by atoms with Gasteiger partial charge in [0.2, 0.25) is 0 Å². The van der Waals surface area contributed by atoms with Crippen LogP contribution in [0.4, 0.5) is 32.2 Å². The molecular formula is C30H22F6N4O2. The van der Waals surface area contributed by atoms with Crippen molar-refractivity contribution in [3.05, 3.63) is 112 Å². The van der Waals surface area contributed by atoms with Crippen molar-refractivity contribution in [2.75, 3.05) is 11.9 Å². The van der Waals surface area contributed by atoms with E-state index in [-0.39, 0.29) is 27.8 Å². The van der Waals surface area contributed by atoms with E-state index in [0.29, 0.717) is 24.5 Å². The molecule has 5 rings (SSSR count). The monoisotopic (exact) mass is 584 g/mol. The fourth-order valence-corrected chi connectivity index (χ4v) is 4.74. The molecule has 0 fully saturated rings. The molecule has 12 heteroatoms. The van der Waals surface area contributed by atoms with Crippen LogP contribution in [0.25, 0.3) is 22.0 Å². The van der Waals surface area contributed by atoms with E-state index in [1.165, 1.54) is 54.1 Å². The summed E-state index contributed by atoms with van der Waals surface area (Å²) in [6.07, 6.45) is -2.40. The van der Waals surface area contributed by atoms with Crippen molar-refractivity contribution in [3.8, 4) is 22.6 Å². The van der Waals surface area contributed by atoms with Gasteiger partial charge in [0.25, 0.3) is 5.56 Å². The molecular weight excluding hydrogens is 562 g/mol. The summed E-state index contributed by atoms with van der Waals surface area (Å²) in [6, 6.07) is 10.8. The molecule has 0 spiro atoms. The first-order chi connectivity index (χ1) is 20.0. The number of hydrogen-bond donors (Lipinski definition) is 1. The first-order valence-electron chi connectivity index (χ1n) is 12.7. The Morgan fingerprint density at radius 2 is 1.71 bits per heavy atom. The molecule has 0 saturated heterocycles. The molecule has 1 unspecified atom stereocenters. The molecule has 0 amide bonds. The van der Waals surface area contributed by atoms with Gasteiger partial charge in [0, 0.05) is 36.0 Å². The van der Waals surface area contributed by atoms with E-state index in [2.05, 4.69) is 15.3 Å². The van der Waals surface area contributed by atoms with Crippen LogP contribution in [-0.4, -0.2) is 21.1 Å². The fraction of sp³-hybridized carbons (Fsp3) is 0.167. The van der Waals surface area contributed by atoms with Crippen LogP contribution in [0.1, 0.15) is 31.0 Å². The minimum atomic E-state index is -4.81. The number of benzene rings is 3. The molecule has 5 aromatic rings. The Morgan fingerprint density at radius 1 is 0.976 bits per heavy atom. The van der Waals surface area contributed by atoms with Crippen molar-refractivity contribution in [1.29, 1.82) is 0 Å². The number of nitrogens with zero attached hydrogens (tertiary/aromatic N) is 3. The SMILES string of the molecule is CCNc1ccc(-c2cccc(Oc3ccc4c(c3)c(=O)ncn4C(C)c3c(F)cc(F)cc3F)c2C(F)(F)F)cn1. The number of rotatable bonds is 7. The number of alkyl halides is 3. The van der Waals surface area contributed by atoms with Crippen molar-refractivity contribution < 1.29 is 31.1 Å². The highest BCUT2D eigenvalue weighted by atomic mass is 19.4. The van der Waals surface area contributed by atoms with Gasteiger partial charge in [-0.3, -0.25) is 4.79 Å². The zero-order valence-corrected chi connectivity index (χ0v) is 22.1. The molecule has 1 N–H and O–H groups in total. The highest BCUT2D eigenvalue weighted by Crippen LogP contribution is 2.44. The van der Waals surface area contributed by atoms with Gasteiger partial charge in [-0.15, -0.1) is 0 Å². The number of fused-ring (bicyclic) bond motifs is 1. The molecule has 216 valence electrons. The van der Waals surface area contributed by atoms with Crippen LogP contribution < -0.4 is 15.6 Å². The lowest BCUT2D eigenvalue weighted by Crippen LogP contribution is -2.18. The molecule has 6 nitrogen and oxygen atoms in total. The Balaban J connectivity index is 1.56. The van der Waals surface area contributed by atoms with Crippen LogP contribution in [0.5, 0.6) is 11.5 Å². The lowest BCUT2D eigenvalue weighted by Gasteiger charge is -2.20. The van der Waals surface area contributed by atoms with Gasteiger partial charge in [0.15, 0.2) is 0 Å². The van der Waals surface area contributed by atoms with Crippen LogP contribution in [0.15, 0.2) is 78.0 Å². The molecule has 0 bridgehead atoms. The predicted octanol–water partition coefficient (Wildman–Crippen LogP) is 7.73. The van der Waals surface area contributed by atoms with Crippen LogP contribution >= 0.6 is 0 Å². The van der Waals surface area contributed by atoms with Crippen LogP contribution in [0, 0.1) is 17.5 Å². The molecule has 0 aliphatic heterocycles. The minimum Gasteiger partial charge on any atom is -0.457 e. The number of halogens is 6. The average molecular weight is 585 g/mol. The van der Waals surface area contributed by atoms with Crippen molar-refractivity contribution in [2.24, 2.45) is 0 Å². The lowest BCUT2D eigenvalue weighted by atomic mass is 9.99.